The molecule has 5 nitrogen and oxygen atoms in total. The number of rotatable bonds is 4. The summed E-state index contributed by atoms with van der Waals surface area (Å²) in [5, 5.41) is 7.25. The summed E-state index contributed by atoms with van der Waals surface area (Å²) in [6.45, 7) is 0. The SMILES string of the molecule is N=C(N)c1cccc(C[C@H](N)C(N)=O)c1. The van der Waals surface area contributed by atoms with Crippen LogP contribution in [0.15, 0.2) is 24.3 Å². The summed E-state index contributed by atoms with van der Waals surface area (Å²) in [6.07, 6.45) is 0.358. The molecular weight excluding hydrogens is 192 g/mol. The summed E-state index contributed by atoms with van der Waals surface area (Å²) < 4.78 is 0. The Balaban J connectivity index is 2.82. The zero-order chi connectivity index (χ0) is 11.4. The predicted molar refractivity (Wildman–Crippen MR) is 58.3 cm³/mol. The number of amides is 1. The zero-order valence-corrected chi connectivity index (χ0v) is 8.23. The molecule has 1 amide bonds. The van der Waals surface area contributed by atoms with Gasteiger partial charge in [0.2, 0.25) is 5.91 Å². The number of benzene rings is 1. The molecule has 1 atom stereocenters. The van der Waals surface area contributed by atoms with Gasteiger partial charge in [0.15, 0.2) is 0 Å². The van der Waals surface area contributed by atoms with Crippen LogP contribution in [0.5, 0.6) is 0 Å². The van der Waals surface area contributed by atoms with Gasteiger partial charge >= 0.3 is 0 Å². The highest BCUT2D eigenvalue weighted by atomic mass is 16.1. The van der Waals surface area contributed by atoms with Crippen LogP contribution in [0.25, 0.3) is 0 Å². The van der Waals surface area contributed by atoms with Crippen molar-refractivity contribution in [2.24, 2.45) is 17.2 Å². The van der Waals surface area contributed by atoms with Gasteiger partial charge in [0.25, 0.3) is 0 Å². The number of carbonyl (C=O) groups is 1. The average Bonchev–Trinajstić information content (AvgIpc) is 2.18. The lowest BCUT2D eigenvalue weighted by Crippen LogP contribution is -2.38. The van der Waals surface area contributed by atoms with E-state index >= 15 is 0 Å². The molecule has 1 aromatic carbocycles. The summed E-state index contributed by atoms with van der Waals surface area (Å²) in [7, 11) is 0. The van der Waals surface area contributed by atoms with E-state index in [2.05, 4.69) is 0 Å². The normalized spacial score (nSPS) is 12.1. The zero-order valence-electron chi connectivity index (χ0n) is 8.23. The van der Waals surface area contributed by atoms with E-state index in [1.165, 1.54) is 0 Å². The molecule has 0 saturated carbocycles. The van der Waals surface area contributed by atoms with Crippen molar-refractivity contribution in [1.82, 2.24) is 0 Å². The first kappa shape index (κ1) is 11.2. The van der Waals surface area contributed by atoms with Crippen LogP contribution in [0.1, 0.15) is 11.1 Å². The lowest BCUT2D eigenvalue weighted by molar-refractivity contribution is -0.119. The van der Waals surface area contributed by atoms with Crippen molar-refractivity contribution >= 4 is 11.7 Å². The lowest BCUT2D eigenvalue weighted by Gasteiger charge is -2.08. The Kier molecular flexibility index (Phi) is 3.41. The van der Waals surface area contributed by atoms with Crippen molar-refractivity contribution in [3.63, 3.8) is 0 Å². The van der Waals surface area contributed by atoms with Gasteiger partial charge in [-0.25, -0.2) is 0 Å². The Morgan fingerprint density at radius 3 is 2.60 bits per heavy atom. The van der Waals surface area contributed by atoms with Gasteiger partial charge in [-0.05, 0) is 18.1 Å². The van der Waals surface area contributed by atoms with Crippen LogP contribution in [-0.4, -0.2) is 17.8 Å². The Labute approximate surface area is 87.8 Å². The van der Waals surface area contributed by atoms with Crippen LogP contribution in [0, 0.1) is 5.41 Å². The van der Waals surface area contributed by atoms with Gasteiger partial charge in [0, 0.05) is 5.56 Å². The Morgan fingerprint density at radius 1 is 1.40 bits per heavy atom. The summed E-state index contributed by atoms with van der Waals surface area (Å²) >= 11 is 0. The Hall–Kier alpha value is -1.88. The van der Waals surface area contributed by atoms with Crippen molar-refractivity contribution in [3.8, 4) is 0 Å². The minimum Gasteiger partial charge on any atom is -0.384 e. The van der Waals surface area contributed by atoms with Crippen LogP contribution in [-0.2, 0) is 11.2 Å². The highest BCUT2D eigenvalue weighted by Crippen LogP contribution is 2.06. The van der Waals surface area contributed by atoms with E-state index in [4.69, 9.17) is 22.6 Å². The van der Waals surface area contributed by atoms with Crippen LogP contribution < -0.4 is 17.2 Å². The average molecular weight is 206 g/mol. The van der Waals surface area contributed by atoms with Crippen molar-refractivity contribution in [2.75, 3.05) is 0 Å². The molecule has 80 valence electrons. The van der Waals surface area contributed by atoms with Crippen LogP contribution >= 0.6 is 0 Å². The molecule has 7 N–H and O–H groups in total. The molecule has 1 rings (SSSR count). The quantitative estimate of drug-likeness (QED) is 0.386. The second-order valence-electron chi connectivity index (χ2n) is 3.33. The molecule has 0 fully saturated rings. The van der Waals surface area contributed by atoms with E-state index in [9.17, 15) is 4.79 Å². The number of primary amides is 1. The lowest BCUT2D eigenvalue weighted by atomic mass is 10.0. The maximum atomic E-state index is 10.8. The summed E-state index contributed by atoms with van der Waals surface area (Å²) in [6, 6.07) is 6.33. The van der Waals surface area contributed by atoms with Gasteiger partial charge < -0.3 is 17.2 Å². The molecular formula is C10H14N4O. The number of amidine groups is 1. The third-order valence-corrected chi connectivity index (χ3v) is 2.06. The van der Waals surface area contributed by atoms with Crippen molar-refractivity contribution in [3.05, 3.63) is 35.4 Å². The fourth-order valence-electron chi connectivity index (χ4n) is 1.22. The number of nitrogens with one attached hydrogen (secondary N) is 1. The maximum absolute atomic E-state index is 10.8. The van der Waals surface area contributed by atoms with Gasteiger partial charge in [0.1, 0.15) is 5.84 Å². The van der Waals surface area contributed by atoms with Crippen LogP contribution in [0.3, 0.4) is 0 Å². The van der Waals surface area contributed by atoms with E-state index < -0.39 is 11.9 Å². The molecule has 0 aromatic heterocycles. The fraction of sp³-hybridized carbons (Fsp3) is 0.200. The first-order valence-electron chi connectivity index (χ1n) is 4.49. The molecule has 15 heavy (non-hydrogen) atoms. The van der Waals surface area contributed by atoms with E-state index in [0.29, 0.717) is 12.0 Å². The monoisotopic (exact) mass is 206 g/mol. The summed E-state index contributed by atoms with van der Waals surface area (Å²) in [5.41, 5.74) is 17.4. The van der Waals surface area contributed by atoms with E-state index in [1.54, 1.807) is 18.2 Å². The van der Waals surface area contributed by atoms with Gasteiger partial charge in [0.05, 0.1) is 6.04 Å². The van der Waals surface area contributed by atoms with E-state index in [1.807, 2.05) is 6.07 Å². The Morgan fingerprint density at radius 2 is 2.07 bits per heavy atom. The van der Waals surface area contributed by atoms with Gasteiger partial charge in [-0.15, -0.1) is 0 Å². The molecule has 0 unspecified atom stereocenters. The minimum atomic E-state index is -0.702. The molecule has 0 aliphatic carbocycles. The highest BCUT2D eigenvalue weighted by molar-refractivity contribution is 5.95. The van der Waals surface area contributed by atoms with Crippen molar-refractivity contribution < 1.29 is 4.79 Å². The van der Waals surface area contributed by atoms with Crippen molar-refractivity contribution in [1.29, 1.82) is 5.41 Å². The fourth-order valence-corrected chi connectivity index (χ4v) is 1.22. The largest absolute Gasteiger partial charge is 0.384 e. The first-order chi connectivity index (χ1) is 7.00. The van der Waals surface area contributed by atoms with Crippen LogP contribution in [0.2, 0.25) is 0 Å². The number of nitrogens with two attached hydrogens (primary N) is 3. The molecule has 0 heterocycles. The molecule has 0 aliphatic rings. The molecule has 0 aliphatic heterocycles. The molecule has 1 aromatic rings. The molecule has 0 saturated heterocycles. The van der Waals surface area contributed by atoms with Gasteiger partial charge in [-0.1, -0.05) is 18.2 Å². The number of carbonyl (C=O) groups excluding carboxylic acids is 1. The minimum absolute atomic E-state index is 0.00973. The molecule has 0 radical (unpaired) electrons. The topological polar surface area (TPSA) is 119 Å². The van der Waals surface area contributed by atoms with Gasteiger partial charge in [-0.3, -0.25) is 10.2 Å². The smallest absolute Gasteiger partial charge is 0.234 e. The van der Waals surface area contributed by atoms with Crippen LogP contribution in [0.4, 0.5) is 0 Å². The molecule has 0 spiro atoms. The molecule has 0 bridgehead atoms. The number of nitrogen functional groups attached to an aromatic ring is 1. The highest BCUT2D eigenvalue weighted by Gasteiger charge is 2.10. The second kappa shape index (κ2) is 4.56. The van der Waals surface area contributed by atoms with Crippen molar-refractivity contribution in [2.45, 2.75) is 12.5 Å². The van der Waals surface area contributed by atoms with Gasteiger partial charge in [-0.2, -0.15) is 0 Å². The first-order valence-corrected chi connectivity index (χ1v) is 4.49. The third-order valence-electron chi connectivity index (χ3n) is 2.06. The predicted octanol–water partition coefficient (Wildman–Crippen LogP) is -0.674. The third kappa shape index (κ3) is 3.07. The van der Waals surface area contributed by atoms with E-state index in [0.717, 1.165) is 5.56 Å². The van der Waals surface area contributed by atoms with E-state index in [-0.39, 0.29) is 5.84 Å². The summed E-state index contributed by atoms with van der Waals surface area (Å²) in [4.78, 5) is 10.8. The Bertz CT molecular complexity index is 389. The molecule has 5 heteroatoms. The second-order valence-corrected chi connectivity index (χ2v) is 3.33. The summed E-state index contributed by atoms with van der Waals surface area (Å²) in [5.74, 6) is -0.548. The standard InChI is InChI=1S/C10H14N4O/c11-8(10(14)15)5-6-2-1-3-7(4-6)9(12)13/h1-4,8H,5,11H2,(H3,12,13)(H2,14,15)/t8-/m0/s1. The number of hydrogen-bond donors (Lipinski definition) is 4. The number of hydrogen-bond acceptors (Lipinski definition) is 3. The maximum Gasteiger partial charge on any atom is 0.234 e.